The second-order valence-electron chi connectivity index (χ2n) is 9.09. The monoisotopic (exact) mass is 453 g/mol. The molecule has 8 heteroatoms. The molecule has 2 fully saturated rings. The van der Waals surface area contributed by atoms with Crippen LogP contribution in [0.15, 0.2) is 43.0 Å². The lowest BCUT2D eigenvalue weighted by atomic mass is 10.0. The lowest BCUT2D eigenvalue weighted by Crippen LogP contribution is -2.51. The van der Waals surface area contributed by atoms with Gasteiger partial charge in [0.2, 0.25) is 0 Å². The highest BCUT2D eigenvalue weighted by Crippen LogP contribution is 2.27. The first-order valence-corrected chi connectivity index (χ1v) is 11.5. The highest BCUT2D eigenvalue weighted by Gasteiger charge is 2.34. The SMILES string of the molecule is Cc1cc(-n2cc(-c3cncc(NC4CCN(C5CCOC5)CC4F)c3)cn2)c(C)cc1F. The number of aromatic nitrogens is 3. The normalized spacial score (nSPS) is 23.7. The number of alkyl halides is 1. The van der Waals surface area contributed by atoms with Gasteiger partial charge in [-0.3, -0.25) is 9.88 Å². The second kappa shape index (κ2) is 9.19. The average Bonchev–Trinajstić information content (AvgIpc) is 3.51. The van der Waals surface area contributed by atoms with Crippen molar-refractivity contribution in [2.45, 2.75) is 44.9 Å². The van der Waals surface area contributed by atoms with E-state index in [1.54, 1.807) is 36.3 Å². The third-order valence-electron chi connectivity index (χ3n) is 6.73. The van der Waals surface area contributed by atoms with Crippen LogP contribution in [0.4, 0.5) is 14.5 Å². The summed E-state index contributed by atoms with van der Waals surface area (Å²) in [6.45, 7) is 6.39. The van der Waals surface area contributed by atoms with E-state index < -0.39 is 6.17 Å². The molecule has 2 aromatic heterocycles. The molecule has 0 saturated carbocycles. The number of benzene rings is 1. The Morgan fingerprint density at radius 2 is 1.94 bits per heavy atom. The summed E-state index contributed by atoms with van der Waals surface area (Å²) in [5, 5.41) is 7.82. The smallest absolute Gasteiger partial charge is 0.133 e. The number of likely N-dealkylation sites (tertiary alicyclic amines) is 1. The van der Waals surface area contributed by atoms with Gasteiger partial charge >= 0.3 is 0 Å². The summed E-state index contributed by atoms with van der Waals surface area (Å²) < 4.78 is 36.0. The van der Waals surface area contributed by atoms with Crippen LogP contribution in [0, 0.1) is 19.7 Å². The lowest BCUT2D eigenvalue weighted by molar-refractivity contribution is 0.0789. The van der Waals surface area contributed by atoms with Crippen molar-refractivity contribution in [2.24, 2.45) is 0 Å². The summed E-state index contributed by atoms with van der Waals surface area (Å²) in [5.74, 6) is -0.222. The Hall–Kier alpha value is -2.84. The zero-order valence-electron chi connectivity index (χ0n) is 19.0. The Morgan fingerprint density at radius 3 is 2.73 bits per heavy atom. The number of nitrogens with zero attached hydrogens (tertiary/aromatic N) is 4. The lowest BCUT2D eigenvalue weighted by Gasteiger charge is -2.38. The van der Waals surface area contributed by atoms with Gasteiger partial charge in [0, 0.05) is 55.5 Å². The van der Waals surface area contributed by atoms with Gasteiger partial charge < -0.3 is 10.1 Å². The first-order valence-electron chi connectivity index (χ1n) is 11.5. The first kappa shape index (κ1) is 22.0. The van der Waals surface area contributed by atoms with Crippen LogP contribution in [0.3, 0.4) is 0 Å². The fraction of sp³-hybridized carbons (Fsp3) is 0.440. The molecule has 3 atom stereocenters. The van der Waals surface area contributed by atoms with E-state index in [0.29, 0.717) is 24.8 Å². The zero-order valence-corrected chi connectivity index (χ0v) is 19.0. The van der Waals surface area contributed by atoms with Crippen molar-refractivity contribution in [1.82, 2.24) is 19.7 Å². The molecule has 0 amide bonds. The molecule has 4 heterocycles. The van der Waals surface area contributed by atoms with Crippen LogP contribution in [0.1, 0.15) is 24.0 Å². The predicted octanol–water partition coefficient (Wildman–Crippen LogP) is 4.30. The van der Waals surface area contributed by atoms with Crippen LogP contribution >= 0.6 is 0 Å². The molecule has 1 N–H and O–H groups in total. The van der Waals surface area contributed by atoms with Gasteiger partial charge in [-0.15, -0.1) is 0 Å². The third-order valence-corrected chi connectivity index (χ3v) is 6.73. The van der Waals surface area contributed by atoms with E-state index in [1.807, 2.05) is 19.2 Å². The molecule has 6 nitrogen and oxygen atoms in total. The minimum Gasteiger partial charge on any atom is -0.380 e. The van der Waals surface area contributed by atoms with Crippen LogP contribution < -0.4 is 5.32 Å². The maximum atomic E-state index is 14.9. The maximum Gasteiger partial charge on any atom is 0.133 e. The Morgan fingerprint density at radius 1 is 1.06 bits per heavy atom. The van der Waals surface area contributed by atoms with Crippen molar-refractivity contribution < 1.29 is 13.5 Å². The molecule has 2 saturated heterocycles. The summed E-state index contributed by atoms with van der Waals surface area (Å²) in [6, 6.07) is 5.40. The Bertz CT molecular complexity index is 1130. The van der Waals surface area contributed by atoms with Crippen molar-refractivity contribution >= 4 is 5.69 Å². The van der Waals surface area contributed by atoms with E-state index in [-0.39, 0.29) is 11.9 Å². The highest BCUT2D eigenvalue weighted by molar-refractivity contribution is 5.66. The molecule has 3 unspecified atom stereocenters. The molecule has 3 aromatic rings. The van der Waals surface area contributed by atoms with E-state index in [9.17, 15) is 8.78 Å². The quantitative estimate of drug-likeness (QED) is 0.624. The van der Waals surface area contributed by atoms with E-state index >= 15 is 0 Å². The van der Waals surface area contributed by atoms with Crippen LogP contribution in [0.25, 0.3) is 16.8 Å². The number of piperidine rings is 1. The number of halogens is 2. The molecule has 5 rings (SSSR count). The van der Waals surface area contributed by atoms with E-state index in [4.69, 9.17) is 4.74 Å². The number of hydrogen-bond donors (Lipinski definition) is 1. The third kappa shape index (κ3) is 4.63. The van der Waals surface area contributed by atoms with Crippen molar-refractivity contribution in [3.05, 3.63) is 59.9 Å². The van der Waals surface area contributed by atoms with Crippen LogP contribution in [0.5, 0.6) is 0 Å². The van der Waals surface area contributed by atoms with Gasteiger partial charge in [-0.2, -0.15) is 5.10 Å². The number of hydrogen-bond acceptors (Lipinski definition) is 5. The van der Waals surface area contributed by atoms with E-state index in [0.717, 1.165) is 54.1 Å². The molecule has 33 heavy (non-hydrogen) atoms. The average molecular weight is 454 g/mol. The zero-order chi connectivity index (χ0) is 22.9. The largest absolute Gasteiger partial charge is 0.380 e. The van der Waals surface area contributed by atoms with Crippen molar-refractivity contribution in [2.75, 3.05) is 31.6 Å². The van der Waals surface area contributed by atoms with Crippen molar-refractivity contribution in [1.29, 1.82) is 0 Å². The Labute approximate surface area is 192 Å². The van der Waals surface area contributed by atoms with E-state index in [2.05, 4.69) is 20.3 Å². The molecule has 0 spiro atoms. The molecule has 2 aliphatic heterocycles. The molecule has 0 bridgehead atoms. The van der Waals surface area contributed by atoms with Crippen LogP contribution in [-0.4, -0.2) is 64.2 Å². The fourth-order valence-corrected chi connectivity index (χ4v) is 4.74. The number of anilines is 1. The van der Waals surface area contributed by atoms with E-state index in [1.165, 1.54) is 6.07 Å². The van der Waals surface area contributed by atoms with Gasteiger partial charge in [-0.25, -0.2) is 13.5 Å². The summed E-state index contributed by atoms with van der Waals surface area (Å²) in [4.78, 5) is 6.58. The number of nitrogens with one attached hydrogen (secondary N) is 1. The van der Waals surface area contributed by atoms with Gasteiger partial charge in [0.15, 0.2) is 0 Å². The van der Waals surface area contributed by atoms with Crippen molar-refractivity contribution in [3.63, 3.8) is 0 Å². The van der Waals surface area contributed by atoms with Crippen LogP contribution in [0.2, 0.25) is 0 Å². The summed E-state index contributed by atoms with van der Waals surface area (Å²) >= 11 is 0. The standard InChI is InChI=1S/C25H29F2N5O/c1-16-8-25(17(2)7-22(16)26)32-13-19(11-29-32)18-9-20(12-28-10-18)30-24-3-5-31(14-23(24)27)21-4-6-33-15-21/h7-13,21,23-24,30H,3-6,14-15H2,1-2H3. The molecule has 0 radical (unpaired) electrons. The number of ether oxygens (including phenoxy) is 1. The summed E-state index contributed by atoms with van der Waals surface area (Å²) in [5.41, 5.74) is 4.79. The molecular formula is C25H29F2N5O. The molecule has 0 aliphatic carbocycles. The molecular weight excluding hydrogens is 424 g/mol. The number of aryl methyl sites for hydroxylation is 2. The molecule has 1 aromatic carbocycles. The number of rotatable bonds is 5. The fourth-order valence-electron chi connectivity index (χ4n) is 4.74. The minimum atomic E-state index is -0.949. The van der Waals surface area contributed by atoms with Gasteiger partial charge in [0.05, 0.1) is 30.2 Å². The van der Waals surface area contributed by atoms with Gasteiger partial charge in [-0.05, 0) is 56.0 Å². The molecule has 2 aliphatic rings. The van der Waals surface area contributed by atoms with Crippen molar-refractivity contribution in [3.8, 4) is 16.8 Å². The predicted molar refractivity (Wildman–Crippen MR) is 124 cm³/mol. The first-order chi connectivity index (χ1) is 16.0. The number of pyridine rings is 1. The van der Waals surface area contributed by atoms with Crippen LogP contribution in [-0.2, 0) is 4.74 Å². The Balaban J connectivity index is 1.29. The highest BCUT2D eigenvalue weighted by atomic mass is 19.1. The van der Waals surface area contributed by atoms with Gasteiger partial charge in [0.1, 0.15) is 12.0 Å². The summed E-state index contributed by atoms with van der Waals surface area (Å²) in [6.07, 6.45) is 7.94. The maximum absolute atomic E-state index is 14.9. The Kier molecular flexibility index (Phi) is 6.12. The van der Waals surface area contributed by atoms with Gasteiger partial charge in [0.25, 0.3) is 0 Å². The summed E-state index contributed by atoms with van der Waals surface area (Å²) in [7, 11) is 0. The topological polar surface area (TPSA) is 55.2 Å². The minimum absolute atomic E-state index is 0.222. The second-order valence-corrected chi connectivity index (χ2v) is 9.09. The van der Waals surface area contributed by atoms with Gasteiger partial charge in [-0.1, -0.05) is 0 Å². The molecule has 174 valence electrons.